The SMILES string of the molecule is CNC(=O)c1ccc(Sc2nncs2)c(N)c1. The number of rotatable bonds is 3. The van der Waals surface area contributed by atoms with E-state index in [9.17, 15) is 4.79 Å². The van der Waals surface area contributed by atoms with Crippen LogP contribution in [0.15, 0.2) is 32.9 Å². The Labute approximate surface area is 106 Å². The second-order valence-electron chi connectivity index (χ2n) is 3.14. The van der Waals surface area contributed by atoms with Crippen LogP contribution in [0.2, 0.25) is 0 Å². The minimum atomic E-state index is -0.149. The third-order valence-corrected chi connectivity index (χ3v) is 3.91. The van der Waals surface area contributed by atoms with Gasteiger partial charge in [-0.25, -0.2) is 0 Å². The highest BCUT2D eigenvalue weighted by atomic mass is 32.2. The molecule has 2 aromatic rings. The molecule has 0 fully saturated rings. The highest BCUT2D eigenvalue weighted by molar-refractivity contribution is 8.01. The monoisotopic (exact) mass is 266 g/mol. The van der Waals surface area contributed by atoms with Crippen LogP contribution in [0.4, 0.5) is 5.69 Å². The first-order valence-corrected chi connectivity index (χ1v) is 6.46. The van der Waals surface area contributed by atoms with E-state index < -0.39 is 0 Å². The van der Waals surface area contributed by atoms with E-state index in [4.69, 9.17) is 5.73 Å². The van der Waals surface area contributed by atoms with Gasteiger partial charge < -0.3 is 11.1 Å². The molecule has 0 unspecified atom stereocenters. The molecule has 3 N–H and O–H groups in total. The fraction of sp³-hybridized carbons (Fsp3) is 0.100. The molecule has 7 heteroatoms. The van der Waals surface area contributed by atoms with Crippen molar-refractivity contribution in [2.45, 2.75) is 9.24 Å². The van der Waals surface area contributed by atoms with E-state index in [-0.39, 0.29) is 5.91 Å². The number of benzene rings is 1. The second-order valence-corrected chi connectivity index (χ2v) is 5.26. The molecule has 1 aromatic carbocycles. The second kappa shape index (κ2) is 5.15. The molecular formula is C10H10N4OS2. The van der Waals surface area contributed by atoms with Crippen LogP contribution >= 0.6 is 23.1 Å². The zero-order valence-electron chi connectivity index (χ0n) is 9.01. The molecule has 0 saturated carbocycles. The summed E-state index contributed by atoms with van der Waals surface area (Å²) < 4.78 is 0.824. The van der Waals surface area contributed by atoms with Crippen molar-refractivity contribution in [2.75, 3.05) is 12.8 Å². The minimum Gasteiger partial charge on any atom is -0.398 e. The molecule has 17 heavy (non-hydrogen) atoms. The quantitative estimate of drug-likeness (QED) is 0.825. The van der Waals surface area contributed by atoms with Crippen molar-refractivity contribution in [3.8, 4) is 0 Å². The summed E-state index contributed by atoms with van der Waals surface area (Å²) in [6.45, 7) is 0. The fourth-order valence-electron chi connectivity index (χ4n) is 1.23. The van der Waals surface area contributed by atoms with Crippen molar-refractivity contribution >= 4 is 34.7 Å². The number of nitrogens with one attached hydrogen (secondary N) is 1. The topological polar surface area (TPSA) is 80.9 Å². The Bertz CT molecular complexity index is 527. The average Bonchev–Trinajstić information content (AvgIpc) is 2.83. The molecule has 2 rings (SSSR count). The van der Waals surface area contributed by atoms with E-state index in [0.29, 0.717) is 11.3 Å². The molecule has 1 amide bonds. The Hall–Kier alpha value is -1.60. The van der Waals surface area contributed by atoms with E-state index in [0.717, 1.165) is 9.24 Å². The van der Waals surface area contributed by atoms with Gasteiger partial charge in [0.15, 0.2) is 4.34 Å². The third-order valence-electron chi connectivity index (χ3n) is 2.04. The summed E-state index contributed by atoms with van der Waals surface area (Å²) in [6.07, 6.45) is 0. The number of aromatic nitrogens is 2. The number of nitrogen functional groups attached to an aromatic ring is 1. The lowest BCUT2D eigenvalue weighted by atomic mass is 10.2. The van der Waals surface area contributed by atoms with Gasteiger partial charge in [-0.1, -0.05) is 23.1 Å². The van der Waals surface area contributed by atoms with Crippen molar-refractivity contribution in [1.29, 1.82) is 0 Å². The van der Waals surface area contributed by atoms with Crippen LogP contribution in [-0.4, -0.2) is 23.2 Å². The summed E-state index contributed by atoms with van der Waals surface area (Å²) in [4.78, 5) is 12.3. The van der Waals surface area contributed by atoms with E-state index in [1.807, 2.05) is 6.07 Å². The summed E-state index contributed by atoms with van der Waals surface area (Å²) in [5.74, 6) is -0.149. The lowest BCUT2D eigenvalue weighted by Crippen LogP contribution is -2.17. The fourth-order valence-corrected chi connectivity index (χ4v) is 2.69. The molecule has 0 aliphatic rings. The number of nitrogens with zero attached hydrogens (tertiary/aromatic N) is 2. The Morgan fingerprint density at radius 1 is 1.53 bits per heavy atom. The maximum atomic E-state index is 11.4. The zero-order chi connectivity index (χ0) is 12.3. The number of carbonyl (C=O) groups excluding carboxylic acids is 1. The Morgan fingerprint density at radius 2 is 2.35 bits per heavy atom. The molecule has 0 atom stereocenters. The van der Waals surface area contributed by atoms with Gasteiger partial charge in [0.1, 0.15) is 5.51 Å². The van der Waals surface area contributed by atoms with Crippen molar-refractivity contribution in [3.63, 3.8) is 0 Å². The van der Waals surface area contributed by atoms with Crippen LogP contribution in [-0.2, 0) is 0 Å². The predicted octanol–water partition coefficient (Wildman–Crippen LogP) is 1.63. The van der Waals surface area contributed by atoms with Gasteiger partial charge in [-0.3, -0.25) is 4.79 Å². The molecule has 0 spiro atoms. The van der Waals surface area contributed by atoms with Crippen molar-refractivity contribution < 1.29 is 4.79 Å². The van der Waals surface area contributed by atoms with Gasteiger partial charge in [-0.05, 0) is 18.2 Å². The maximum Gasteiger partial charge on any atom is 0.251 e. The Kier molecular flexibility index (Phi) is 3.60. The number of hydrogen-bond donors (Lipinski definition) is 2. The highest BCUT2D eigenvalue weighted by Crippen LogP contribution is 2.33. The van der Waals surface area contributed by atoms with E-state index >= 15 is 0 Å². The summed E-state index contributed by atoms with van der Waals surface area (Å²) in [7, 11) is 1.59. The lowest BCUT2D eigenvalue weighted by molar-refractivity contribution is 0.0963. The highest BCUT2D eigenvalue weighted by Gasteiger charge is 2.08. The van der Waals surface area contributed by atoms with Crippen LogP contribution in [0, 0.1) is 0 Å². The van der Waals surface area contributed by atoms with Gasteiger partial charge in [0.05, 0.1) is 0 Å². The van der Waals surface area contributed by atoms with Crippen LogP contribution in [0.25, 0.3) is 0 Å². The Morgan fingerprint density at radius 3 is 2.94 bits per heavy atom. The molecular weight excluding hydrogens is 256 g/mol. The van der Waals surface area contributed by atoms with Gasteiger partial charge in [-0.15, -0.1) is 10.2 Å². The van der Waals surface area contributed by atoms with Crippen LogP contribution < -0.4 is 11.1 Å². The maximum absolute atomic E-state index is 11.4. The molecule has 88 valence electrons. The molecule has 1 aromatic heterocycles. The van der Waals surface area contributed by atoms with Gasteiger partial charge in [-0.2, -0.15) is 0 Å². The first-order chi connectivity index (χ1) is 8.20. The summed E-state index contributed by atoms with van der Waals surface area (Å²) in [6, 6.07) is 5.20. The molecule has 0 aliphatic heterocycles. The van der Waals surface area contributed by atoms with Crippen LogP contribution in [0.5, 0.6) is 0 Å². The normalized spacial score (nSPS) is 10.2. The van der Waals surface area contributed by atoms with Crippen molar-refractivity contribution in [1.82, 2.24) is 15.5 Å². The summed E-state index contributed by atoms with van der Waals surface area (Å²) in [5, 5.41) is 10.2. The first-order valence-electron chi connectivity index (χ1n) is 4.76. The third kappa shape index (κ3) is 2.75. The number of amides is 1. The van der Waals surface area contributed by atoms with Crippen LogP contribution in [0.1, 0.15) is 10.4 Å². The molecule has 1 heterocycles. The minimum absolute atomic E-state index is 0.149. The number of nitrogens with two attached hydrogens (primary N) is 1. The van der Waals surface area contributed by atoms with Gasteiger partial charge >= 0.3 is 0 Å². The number of hydrogen-bond acceptors (Lipinski definition) is 6. The molecule has 5 nitrogen and oxygen atoms in total. The molecule has 0 aliphatic carbocycles. The standard InChI is InChI=1S/C10H10N4OS2/c1-12-9(15)6-2-3-8(7(11)4-6)17-10-14-13-5-16-10/h2-5H,11H2,1H3,(H,12,15). The van der Waals surface area contributed by atoms with Gasteiger partial charge in [0, 0.05) is 23.2 Å². The summed E-state index contributed by atoms with van der Waals surface area (Å²) in [5.41, 5.74) is 8.66. The van der Waals surface area contributed by atoms with Gasteiger partial charge in [0.2, 0.25) is 0 Å². The van der Waals surface area contributed by atoms with E-state index in [2.05, 4.69) is 15.5 Å². The van der Waals surface area contributed by atoms with Crippen molar-refractivity contribution in [2.24, 2.45) is 0 Å². The van der Waals surface area contributed by atoms with Crippen molar-refractivity contribution in [3.05, 3.63) is 29.3 Å². The number of anilines is 1. The first kappa shape index (κ1) is 11.9. The smallest absolute Gasteiger partial charge is 0.251 e. The molecule has 0 bridgehead atoms. The predicted molar refractivity (Wildman–Crippen MR) is 68.3 cm³/mol. The van der Waals surface area contributed by atoms with E-state index in [1.54, 1.807) is 24.7 Å². The largest absolute Gasteiger partial charge is 0.398 e. The summed E-state index contributed by atoms with van der Waals surface area (Å²) >= 11 is 2.88. The lowest BCUT2D eigenvalue weighted by Gasteiger charge is -2.05. The molecule has 0 saturated heterocycles. The average molecular weight is 266 g/mol. The van der Waals surface area contributed by atoms with E-state index in [1.165, 1.54) is 23.1 Å². The zero-order valence-corrected chi connectivity index (χ0v) is 10.6. The number of carbonyl (C=O) groups is 1. The molecule has 0 radical (unpaired) electrons. The Balaban J connectivity index is 2.23. The van der Waals surface area contributed by atoms with Crippen LogP contribution in [0.3, 0.4) is 0 Å². The van der Waals surface area contributed by atoms with Gasteiger partial charge in [0.25, 0.3) is 5.91 Å².